The van der Waals surface area contributed by atoms with Crippen LogP contribution < -0.4 is 5.32 Å². The summed E-state index contributed by atoms with van der Waals surface area (Å²) in [5.74, 6) is -1.10. The molecule has 0 saturated carbocycles. The van der Waals surface area contributed by atoms with Gasteiger partial charge in [-0.2, -0.15) is 0 Å². The Bertz CT molecular complexity index is 641. The van der Waals surface area contributed by atoms with Crippen molar-refractivity contribution in [2.24, 2.45) is 0 Å². The van der Waals surface area contributed by atoms with Crippen LogP contribution in [0.1, 0.15) is 36.6 Å². The van der Waals surface area contributed by atoms with E-state index in [4.69, 9.17) is 11.6 Å². The van der Waals surface area contributed by atoms with Gasteiger partial charge in [-0.15, -0.1) is 0 Å². The van der Waals surface area contributed by atoms with Gasteiger partial charge in [0.05, 0.1) is 6.04 Å². The molecule has 2 aromatic carbocycles. The number of aryl methyl sites for hydroxylation is 1. The Labute approximate surface area is 128 Å². The van der Waals surface area contributed by atoms with Crippen molar-refractivity contribution in [3.8, 4) is 0 Å². The predicted octanol–water partition coefficient (Wildman–Crippen LogP) is 5.01. The van der Waals surface area contributed by atoms with Gasteiger partial charge in [-0.3, -0.25) is 0 Å². The normalized spacial score (nSPS) is 12.7. The monoisotopic (exact) mass is 309 g/mol. The highest BCUT2D eigenvalue weighted by Crippen LogP contribution is 2.28. The van der Waals surface area contributed by atoms with Crippen molar-refractivity contribution in [3.63, 3.8) is 0 Å². The summed E-state index contributed by atoms with van der Waals surface area (Å²) in [4.78, 5) is 0. The van der Waals surface area contributed by atoms with Crippen molar-refractivity contribution in [3.05, 3.63) is 69.7 Å². The van der Waals surface area contributed by atoms with Gasteiger partial charge in [-0.1, -0.05) is 23.7 Å². The maximum Gasteiger partial charge on any atom is 0.131 e. The molecule has 1 atom stereocenters. The van der Waals surface area contributed by atoms with Crippen LogP contribution in [0.3, 0.4) is 0 Å². The minimum atomic E-state index is -0.559. The number of hydrogen-bond donors (Lipinski definition) is 1. The Morgan fingerprint density at radius 3 is 2.38 bits per heavy atom. The van der Waals surface area contributed by atoms with Gasteiger partial charge in [-0.25, -0.2) is 8.78 Å². The molecular weight excluding hydrogens is 292 g/mol. The van der Waals surface area contributed by atoms with Gasteiger partial charge in [0.1, 0.15) is 11.6 Å². The second kappa shape index (κ2) is 6.54. The van der Waals surface area contributed by atoms with E-state index in [0.717, 1.165) is 11.6 Å². The summed E-state index contributed by atoms with van der Waals surface area (Å²) in [5.41, 5.74) is 1.69. The quantitative estimate of drug-likeness (QED) is 0.836. The number of rotatable bonds is 4. The van der Waals surface area contributed by atoms with Crippen molar-refractivity contribution in [1.82, 2.24) is 5.32 Å². The molecule has 0 aromatic heterocycles. The molecule has 0 aliphatic rings. The zero-order valence-electron chi connectivity index (χ0n) is 12.3. The van der Waals surface area contributed by atoms with Gasteiger partial charge in [0, 0.05) is 22.7 Å². The molecule has 0 fully saturated rings. The summed E-state index contributed by atoms with van der Waals surface area (Å²) in [6.07, 6.45) is 0. The maximum atomic E-state index is 14.2. The lowest BCUT2D eigenvalue weighted by Crippen LogP contribution is -2.29. The summed E-state index contributed by atoms with van der Waals surface area (Å²) in [7, 11) is 0. The van der Waals surface area contributed by atoms with Crippen LogP contribution >= 0.6 is 11.6 Å². The lowest BCUT2D eigenvalue weighted by Gasteiger charge is -2.23. The van der Waals surface area contributed by atoms with Crippen LogP contribution in [-0.2, 0) is 0 Å². The molecule has 21 heavy (non-hydrogen) atoms. The summed E-state index contributed by atoms with van der Waals surface area (Å²) in [6.45, 7) is 5.58. The van der Waals surface area contributed by atoms with Crippen LogP contribution in [0, 0.1) is 18.6 Å². The first-order valence-corrected chi connectivity index (χ1v) is 7.23. The second-order valence-electron chi connectivity index (χ2n) is 5.43. The molecule has 0 heterocycles. The van der Waals surface area contributed by atoms with E-state index in [-0.39, 0.29) is 12.1 Å². The molecule has 1 nitrogen and oxygen atoms in total. The molecule has 0 aliphatic heterocycles. The van der Waals surface area contributed by atoms with Gasteiger partial charge >= 0.3 is 0 Å². The second-order valence-corrected chi connectivity index (χ2v) is 5.87. The fourth-order valence-corrected chi connectivity index (χ4v) is 2.48. The van der Waals surface area contributed by atoms with Crippen molar-refractivity contribution in [2.45, 2.75) is 32.9 Å². The van der Waals surface area contributed by atoms with E-state index in [9.17, 15) is 8.78 Å². The molecule has 0 amide bonds. The van der Waals surface area contributed by atoms with Crippen molar-refractivity contribution in [1.29, 1.82) is 0 Å². The van der Waals surface area contributed by atoms with Gasteiger partial charge in [0.25, 0.3) is 0 Å². The van der Waals surface area contributed by atoms with Crippen molar-refractivity contribution < 1.29 is 8.78 Å². The fourth-order valence-electron chi connectivity index (χ4n) is 2.29. The van der Waals surface area contributed by atoms with Gasteiger partial charge in [0.2, 0.25) is 0 Å². The average Bonchev–Trinajstić information content (AvgIpc) is 2.40. The molecule has 0 spiro atoms. The molecule has 0 bridgehead atoms. The van der Waals surface area contributed by atoms with E-state index in [1.165, 1.54) is 0 Å². The number of benzene rings is 2. The predicted molar refractivity (Wildman–Crippen MR) is 82.7 cm³/mol. The number of nitrogens with one attached hydrogen (secondary N) is 1. The molecule has 1 N–H and O–H groups in total. The molecular formula is C17H18ClF2N. The van der Waals surface area contributed by atoms with Crippen molar-refractivity contribution in [2.75, 3.05) is 0 Å². The molecule has 1 unspecified atom stereocenters. The highest BCUT2D eigenvalue weighted by Gasteiger charge is 2.20. The highest BCUT2D eigenvalue weighted by molar-refractivity contribution is 6.30. The first-order chi connectivity index (χ1) is 9.88. The Hall–Kier alpha value is -1.45. The van der Waals surface area contributed by atoms with E-state index in [2.05, 4.69) is 5.32 Å². The number of halogens is 3. The van der Waals surface area contributed by atoms with Crippen LogP contribution in [0.2, 0.25) is 5.02 Å². The zero-order valence-corrected chi connectivity index (χ0v) is 13.0. The summed E-state index contributed by atoms with van der Waals surface area (Å²) < 4.78 is 27.7. The van der Waals surface area contributed by atoms with Gasteiger partial charge in [0.15, 0.2) is 0 Å². The topological polar surface area (TPSA) is 12.0 Å². The third-order valence-corrected chi connectivity index (χ3v) is 3.51. The molecule has 0 radical (unpaired) electrons. The number of hydrogen-bond acceptors (Lipinski definition) is 1. The highest BCUT2D eigenvalue weighted by atomic mass is 35.5. The molecule has 112 valence electrons. The third-order valence-electron chi connectivity index (χ3n) is 3.27. The molecule has 0 aliphatic carbocycles. The van der Waals surface area contributed by atoms with Gasteiger partial charge in [-0.05, 0) is 50.1 Å². The fraction of sp³-hybridized carbons (Fsp3) is 0.294. The van der Waals surface area contributed by atoms with E-state index < -0.39 is 11.6 Å². The van der Waals surface area contributed by atoms with Crippen molar-refractivity contribution >= 4 is 11.6 Å². The Balaban J connectivity index is 2.53. The van der Waals surface area contributed by atoms with Crippen LogP contribution in [-0.4, -0.2) is 6.04 Å². The molecule has 0 saturated heterocycles. The van der Waals surface area contributed by atoms with Gasteiger partial charge < -0.3 is 5.32 Å². The molecule has 2 aromatic rings. The summed E-state index contributed by atoms with van der Waals surface area (Å²) >= 11 is 6.03. The summed E-state index contributed by atoms with van der Waals surface area (Å²) in [6, 6.07) is 9.51. The lowest BCUT2D eigenvalue weighted by atomic mass is 9.96. The van der Waals surface area contributed by atoms with E-state index >= 15 is 0 Å². The average molecular weight is 310 g/mol. The lowest BCUT2D eigenvalue weighted by molar-refractivity contribution is 0.496. The van der Waals surface area contributed by atoms with Crippen LogP contribution in [0.25, 0.3) is 0 Å². The maximum absolute atomic E-state index is 14.2. The van der Waals surface area contributed by atoms with Crippen LogP contribution in [0.4, 0.5) is 8.78 Å². The standard InChI is InChI=1S/C17H18ClF2N/c1-10(2)21-17(12-5-4-6-13(18)8-12)14-7-11(3)15(19)9-16(14)20/h4-10,17,21H,1-3H3. The van der Waals surface area contributed by atoms with E-state index in [0.29, 0.717) is 16.1 Å². The largest absolute Gasteiger partial charge is 0.304 e. The minimum Gasteiger partial charge on any atom is -0.304 e. The molecule has 2 rings (SSSR count). The van der Waals surface area contributed by atoms with E-state index in [1.54, 1.807) is 25.1 Å². The first-order valence-electron chi connectivity index (χ1n) is 6.85. The minimum absolute atomic E-state index is 0.138. The Kier molecular flexibility index (Phi) is 4.96. The molecule has 4 heteroatoms. The van der Waals surface area contributed by atoms with Crippen LogP contribution in [0.15, 0.2) is 36.4 Å². The zero-order chi connectivity index (χ0) is 15.6. The van der Waals surface area contributed by atoms with Crippen LogP contribution in [0.5, 0.6) is 0 Å². The summed E-state index contributed by atoms with van der Waals surface area (Å²) in [5, 5.41) is 3.89. The SMILES string of the molecule is Cc1cc(C(NC(C)C)c2cccc(Cl)c2)c(F)cc1F. The Morgan fingerprint density at radius 2 is 1.76 bits per heavy atom. The first kappa shape index (κ1) is 15.9. The smallest absolute Gasteiger partial charge is 0.131 e. The van der Waals surface area contributed by atoms with E-state index in [1.807, 2.05) is 26.0 Å². The Morgan fingerprint density at radius 1 is 1.05 bits per heavy atom. The third kappa shape index (κ3) is 3.80.